The fraction of sp³-hybridized carbons (Fsp3) is 0.500. The highest BCUT2D eigenvalue weighted by molar-refractivity contribution is 8.14. The van der Waals surface area contributed by atoms with Crippen molar-refractivity contribution in [1.29, 1.82) is 0 Å². The van der Waals surface area contributed by atoms with Gasteiger partial charge in [-0.2, -0.15) is 0 Å². The fourth-order valence-corrected chi connectivity index (χ4v) is 1.93. The van der Waals surface area contributed by atoms with Crippen molar-refractivity contribution in [3.63, 3.8) is 0 Å². The van der Waals surface area contributed by atoms with Gasteiger partial charge in [0.2, 0.25) is 0 Å². The van der Waals surface area contributed by atoms with E-state index in [1.807, 2.05) is 89.8 Å². The smallest absolute Gasteiger partial charge is 0.181 e. The van der Waals surface area contributed by atoms with Gasteiger partial charge in [0.1, 0.15) is 7.05 Å². The van der Waals surface area contributed by atoms with Crippen LogP contribution in [-0.2, 0) is 7.05 Å². The van der Waals surface area contributed by atoms with Crippen molar-refractivity contribution >= 4 is 16.4 Å². The molecule has 0 aliphatic rings. The molecule has 0 bridgehead atoms. The van der Waals surface area contributed by atoms with Gasteiger partial charge in [0.05, 0.1) is 0 Å². The van der Waals surface area contributed by atoms with Gasteiger partial charge in [-0.05, 0) is 6.07 Å². The zero-order chi connectivity index (χ0) is 19.4. The summed E-state index contributed by atoms with van der Waals surface area (Å²) in [5.41, 5.74) is 0. The van der Waals surface area contributed by atoms with Crippen molar-refractivity contribution in [3.05, 3.63) is 49.1 Å². The van der Waals surface area contributed by atoms with Gasteiger partial charge in [0.15, 0.2) is 17.6 Å². The minimum absolute atomic E-state index is 0.0573. The largest absolute Gasteiger partial charge is 0.232 e. The molecule has 0 amide bonds. The summed E-state index contributed by atoms with van der Waals surface area (Å²) in [4.78, 5) is 8.28. The molecule has 0 saturated carbocycles. The van der Waals surface area contributed by atoms with Crippen molar-refractivity contribution < 1.29 is 4.57 Å². The lowest BCUT2D eigenvalue weighted by Crippen LogP contribution is -2.25. The third-order valence-electron chi connectivity index (χ3n) is 2.21. The molecule has 3 nitrogen and oxygen atoms in total. The number of pyridine rings is 1. The molecule has 2 aromatic heterocycles. The van der Waals surface area contributed by atoms with E-state index in [9.17, 15) is 0 Å². The van der Waals surface area contributed by atoms with Gasteiger partial charge < -0.3 is 0 Å². The summed E-state index contributed by atoms with van der Waals surface area (Å²) >= 11 is 0. The predicted octanol–water partition coefficient (Wildman–Crippen LogP) is 5.53. The van der Waals surface area contributed by atoms with Crippen LogP contribution in [0.2, 0.25) is 0 Å². The van der Waals surface area contributed by atoms with Gasteiger partial charge in [0.25, 0.3) is 0 Å². The van der Waals surface area contributed by atoms with Gasteiger partial charge >= 0.3 is 0 Å². The van der Waals surface area contributed by atoms with Gasteiger partial charge in [-0.1, -0.05) is 67.3 Å². The lowest BCUT2D eigenvalue weighted by molar-refractivity contribution is -0.671. The molecule has 0 N–H and O–H groups in total. The van der Waals surface area contributed by atoms with Crippen LogP contribution < -0.4 is 4.57 Å². The summed E-state index contributed by atoms with van der Waals surface area (Å²) in [5, 5.41) is 1.39. The molecule has 2 heterocycles. The lowest BCUT2D eigenvalue weighted by atomic mass is 10.5. The van der Waals surface area contributed by atoms with Crippen LogP contribution in [0.4, 0.5) is 0 Å². The monoisotopic (exact) mass is 352 g/mol. The molecule has 138 valence electrons. The maximum Gasteiger partial charge on any atom is 0.181 e. The Balaban J connectivity index is -0.000000293. The first kappa shape index (κ1) is 27.3. The highest BCUT2D eigenvalue weighted by atomic mass is 32.2. The summed E-state index contributed by atoms with van der Waals surface area (Å²) in [6.07, 6.45) is 7.52. The first-order valence-corrected chi connectivity index (χ1v) is 10.3. The van der Waals surface area contributed by atoms with Crippen LogP contribution >= 0.6 is 10.5 Å². The molecule has 0 aromatic carbocycles. The number of hydrogen-bond donors (Lipinski definition) is 0. The average Bonchev–Trinajstić information content (AvgIpc) is 2.68. The normalized spacial score (nSPS) is 9.42. The quantitative estimate of drug-likeness (QED) is 0.404. The maximum atomic E-state index is 4.14. The van der Waals surface area contributed by atoms with Crippen LogP contribution in [0, 0.1) is 0 Å². The number of hydrogen-bond acceptors (Lipinski definition) is 2. The molecule has 0 saturated heterocycles. The van der Waals surface area contributed by atoms with E-state index >= 15 is 0 Å². The number of rotatable bonds is 2. The van der Waals surface area contributed by atoms with Crippen molar-refractivity contribution in [1.82, 2.24) is 9.97 Å². The van der Waals surface area contributed by atoms with Crippen molar-refractivity contribution in [2.24, 2.45) is 7.05 Å². The second kappa shape index (κ2) is 21.4. The minimum Gasteiger partial charge on any atom is -0.232 e. The molecular formula is C20H38N3S+. The molecule has 2 aromatic rings. The molecule has 1 atom stereocenters. The average molecular weight is 353 g/mol. The van der Waals surface area contributed by atoms with E-state index in [4.69, 9.17) is 0 Å². The highest BCUT2D eigenvalue weighted by Gasteiger charge is 2.02. The first-order valence-electron chi connectivity index (χ1n) is 8.81. The van der Waals surface area contributed by atoms with Crippen molar-refractivity contribution in [3.8, 4) is 0 Å². The van der Waals surface area contributed by atoms with E-state index in [2.05, 4.69) is 29.7 Å². The van der Waals surface area contributed by atoms with Crippen LogP contribution in [0.5, 0.6) is 0 Å². The molecule has 0 radical (unpaired) electrons. The van der Waals surface area contributed by atoms with E-state index in [1.54, 1.807) is 12.4 Å². The Labute approximate surface area is 153 Å². The molecule has 2 rings (SSSR count). The van der Waals surface area contributed by atoms with Crippen LogP contribution in [0.15, 0.2) is 54.2 Å². The van der Waals surface area contributed by atoms with Crippen LogP contribution in [0.1, 0.15) is 55.4 Å². The van der Waals surface area contributed by atoms with E-state index in [0.29, 0.717) is 5.25 Å². The number of aromatic nitrogens is 3. The number of aryl methyl sites for hydroxylation is 1. The molecule has 4 heteroatoms. The minimum atomic E-state index is -0.0573. The van der Waals surface area contributed by atoms with Gasteiger partial charge in [-0.3, -0.25) is 0 Å². The van der Waals surface area contributed by atoms with E-state index in [1.165, 1.54) is 0 Å². The lowest BCUT2D eigenvalue weighted by Gasteiger charge is -2.07. The van der Waals surface area contributed by atoms with Crippen LogP contribution in [0.25, 0.3) is 0 Å². The van der Waals surface area contributed by atoms with Gasteiger partial charge in [0, 0.05) is 29.8 Å². The SMILES string of the molecule is C=S(c1ncccn1)C(C)C.CC.CC.CC.C[n+]1ccccc1. The molecular weight excluding hydrogens is 314 g/mol. The summed E-state index contributed by atoms with van der Waals surface area (Å²) in [6, 6.07) is 7.82. The second-order valence-electron chi connectivity index (χ2n) is 4.05. The Morgan fingerprint density at radius 1 is 0.833 bits per heavy atom. The van der Waals surface area contributed by atoms with Crippen LogP contribution in [-0.4, -0.2) is 21.1 Å². The Morgan fingerprint density at radius 2 is 1.25 bits per heavy atom. The summed E-state index contributed by atoms with van der Waals surface area (Å²) in [6.45, 7) is 16.3. The zero-order valence-corrected chi connectivity index (χ0v) is 18.0. The maximum absolute atomic E-state index is 4.14. The van der Waals surface area contributed by atoms with Crippen LogP contribution in [0.3, 0.4) is 0 Å². The molecule has 24 heavy (non-hydrogen) atoms. The van der Waals surface area contributed by atoms with E-state index in [0.717, 1.165) is 5.16 Å². The Bertz CT molecular complexity index is 471. The predicted molar refractivity (Wildman–Crippen MR) is 112 cm³/mol. The Morgan fingerprint density at radius 3 is 1.54 bits per heavy atom. The summed E-state index contributed by atoms with van der Waals surface area (Å²) in [5.74, 6) is 4.01. The standard InChI is InChI=1S/C8H12N2S.C6H8N.3C2H6/c1-7(2)11(3)8-9-5-4-6-10-8;1-7-5-3-2-4-6-7;3*1-2/h4-7H,3H2,1-2H3;2-6H,1H3;3*1-2H3/q;+1;;;. The third kappa shape index (κ3) is 15.3. The van der Waals surface area contributed by atoms with Crippen molar-refractivity contribution in [2.75, 3.05) is 0 Å². The molecule has 0 aliphatic carbocycles. The Hall–Kier alpha value is -1.55. The molecule has 0 aliphatic heterocycles. The topological polar surface area (TPSA) is 29.7 Å². The first-order chi connectivity index (χ1) is 11.6. The zero-order valence-electron chi connectivity index (χ0n) is 17.2. The molecule has 0 fully saturated rings. The molecule has 1 unspecified atom stereocenters. The fourth-order valence-electron chi connectivity index (χ4n) is 1.12. The third-order valence-corrected chi connectivity index (χ3v) is 4.03. The highest BCUT2D eigenvalue weighted by Crippen LogP contribution is 2.24. The second-order valence-corrected chi connectivity index (χ2v) is 6.22. The van der Waals surface area contributed by atoms with Gasteiger partial charge in [-0.15, -0.1) is 10.5 Å². The molecule has 0 spiro atoms. The Kier molecular flexibility index (Phi) is 24.4. The number of nitrogens with zero attached hydrogens (tertiary/aromatic N) is 3. The van der Waals surface area contributed by atoms with E-state index in [-0.39, 0.29) is 10.5 Å². The van der Waals surface area contributed by atoms with E-state index < -0.39 is 0 Å². The summed E-state index contributed by atoms with van der Waals surface area (Å²) < 4.78 is 2.00. The van der Waals surface area contributed by atoms with Gasteiger partial charge in [-0.25, -0.2) is 14.5 Å². The van der Waals surface area contributed by atoms with Crippen molar-refractivity contribution in [2.45, 2.75) is 65.8 Å². The summed E-state index contributed by atoms with van der Waals surface area (Å²) in [7, 11) is 1.94.